The molecule has 0 bridgehead atoms. The van der Waals surface area contributed by atoms with Crippen molar-refractivity contribution in [3.63, 3.8) is 0 Å². The Kier molecular flexibility index (Phi) is 7.06. The van der Waals surface area contributed by atoms with Crippen molar-refractivity contribution in [3.8, 4) is 28.3 Å². The van der Waals surface area contributed by atoms with Crippen molar-refractivity contribution >= 4 is 22.8 Å². The molecule has 6 rings (SSSR count). The van der Waals surface area contributed by atoms with E-state index in [2.05, 4.69) is 27.8 Å². The van der Waals surface area contributed by atoms with Crippen LogP contribution in [0.1, 0.15) is 17.3 Å². The Morgan fingerprint density at radius 3 is 2.23 bits per heavy atom. The average molecular weight is 534 g/mol. The molecule has 0 unspecified atom stereocenters. The molecule has 202 valence electrons. The number of rotatable bonds is 7. The largest absolute Gasteiger partial charge is 0.497 e. The van der Waals surface area contributed by atoms with E-state index in [0.717, 1.165) is 45.2 Å². The summed E-state index contributed by atoms with van der Waals surface area (Å²) < 4.78 is 13.0. The van der Waals surface area contributed by atoms with Crippen LogP contribution in [0.25, 0.3) is 27.8 Å². The zero-order valence-corrected chi connectivity index (χ0v) is 22.7. The number of aromatic nitrogens is 3. The summed E-state index contributed by atoms with van der Waals surface area (Å²) in [4.78, 5) is 26.9. The minimum Gasteiger partial charge on any atom is -0.497 e. The van der Waals surface area contributed by atoms with Gasteiger partial charge in [-0.1, -0.05) is 30.3 Å². The number of piperazine rings is 1. The Bertz CT molecular complexity index is 1610. The molecule has 1 aliphatic rings. The van der Waals surface area contributed by atoms with Gasteiger partial charge in [0, 0.05) is 49.2 Å². The van der Waals surface area contributed by atoms with Gasteiger partial charge in [0.1, 0.15) is 23.6 Å². The highest BCUT2D eigenvalue weighted by Gasteiger charge is 2.26. The second kappa shape index (κ2) is 11.1. The van der Waals surface area contributed by atoms with Crippen LogP contribution < -0.4 is 14.4 Å². The molecule has 0 spiro atoms. The monoisotopic (exact) mass is 533 g/mol. The third-order valence-corrected chi connectivity index (χ3v) is 7.28. The molecule has 1 fully saturated rings. The summed E-state index contributed by atoms with van der Waals surface area (Å²) in [5.74, 6) is 2.49. The van der Waals surface area contributed by atoms with Crippen LogP contribution in [-0.4, -0.2) is 65.2 Å². The summed E-state index contributed by atoms with van der Waals surface area (Å²) in [6, 6.07) is 25.6. The fourth-order valence-corrected chi connectivity index (χ4v) is 5.23. The first kappa shape index (κ1) is 25.4. The summed E-state index contributed by atoms with van der Waals surface area (Å²) in [6.07, 6.45) is 3.76. The molecule has 3 heterocycles. The molecule has 8 nitrogen and oxygen atoms in total. The Balaban J connectivity index is 1.31. The van der Waals surface area contributed by atoms with Crippen LogP contribution in [0.5, 0.6) is 11.5 Å². The summed E-state index contributed by atoms with van der Waals surface area (Å²) in [6.45, 7) is 5.12. The fourth-order valence-electron chi connectivity index (χ4n) is 5.23. The van der Waals surface area contributed by atoms with Crippen molar-refractivity contribution < 1.29 is 14.3 Å². The van der Waals surface area contributed by atoms with Gasteiger partial charge >= 0.3 is 0 Å². The van der Waals surface area contributed by atoms with Crippen LogP contribution in [0.15, 0.2) is 91.4 Å². The van der Waals surface area contributed by atoms with Gasteiger partial charge in [0.2, 0.25) is 0 Å². The van der Waals surface area contributed by atoms with Gasteiger partial charge in [-0.3, -0.25) is 4.79 Å². The van der Waals surface area contributed by atoms with Crippen molar-refractivity contribution in [2.45, 2.75) is 6.92 Å². The lowest BCUT2D eigenvalue weighted by Gasteiger charge is -2.35. The van der Waals surface area contributed by atoms with Gasteiger partial charge in [-0.2, -0.15) is 0 Å². The van der Waals surface area contributed by atoms with Crippen LogP contribution in [-0.2, 0) is 0 Å². The van der Waals surface area contributed by atoms with E-state index in [4.69, 9.17) is 19.4 Å². The van der Waals surface area contributed by atoms with Crippen molar-refractivity contribution in [3.05, 3.63) is 97.0 Å². The van der Waals surface area contributed by atoms with Crippen LogP contribution in [0.4, 0.5) is 5.82 Å². The zero-order chi connectivity index (χ0) is 27.5. The van der Waals surface area contributed by atoms with Crippen molar-refractivity contribution in [2.24, 2.45) is 0 Å². The molecule has 0 aliphatic carbocycles. The first-order chi connectivity index (χ1) is 19.7. The Morgan fingerprint density at radius 1 is 0.850 bits per heavy atom. The van der Waals surface area contributed by atoms with Gasteiger partial charge in [-0.05, 0) is 61.0 Å². The summed E-state index contributed by atoms with van der Waals surface area (Å²) in [5, 5.41) is 0.996. The Hall–Kier alpha value is -4.85. The number of ether oxygens (including phenoxy) is 2. The van der Waals surface area contributed by atoms with Crippen molar-refractivity contribution in [2.75, 3.05) is 44.8 Å². The number of carbonyl (C=O) groups is 1. The minimum absolute atomic E-state index is 0.0335. The van der Waals surface area contributed by atoms with Crippen LogP contribution in [0.3, 0.4) is 0 Å². The highest BCUT2D eigenvalue weighted by molar-refractivity contribution is 6.02. The molecule has 1 saturated heterocycles. The van der Waals surface area contributed by atoms with E-state index in [9.17, 15) is 4.79 Å². The van der Waals surface area contributed by atoms with E-state index in [1.54, 1.807) is 13.4 Å². The SMILES string of the molecule is CCOc1ccc(C(=O)N2CCN(c3ncnc4c3c(-c3ccccc3)cn4-c3ccc(OC)cc3)CC2)cc1. The Morgan fingerprint density at radius 2 is 1.55 bits per heavy atom. The molecule has 40 heavy (non-hydrogen) atoms. The summed E-state index contributed by atoms with van der Waals surface area (Å²) >= 11 is 0. The van der Waals surface area contributed by atoms with Crippen LogP contribution in [0, 0.1) is 0 Å². The van der Waals surface area contributed by atoms with E-state index in [1.165, 1.54) is 0 Å². The lowest BCUT2D eigenvalue weighted by molar-refractivity contribution is 0.0746. The first-order valence-electron chi connectivity index (χ1n) is 13.5. The number of amides is 1. The second-order valence-corrected chi connectivity index (χ2v) is 9.61. The molecule has 5 aromatic rings. The molecule has 8 heteroatoms. The molecule has 3 aromatic carbocycles. The van der Waals surface area contributed by atoms with E-state index in [0.29, 0.717) is 38.3 Å². The number of methoxy groups -OCH3 is 1. The van der Waals surface area contributed by atoms with Gasteiger partial charge in [-0.15, -0.1) is 0 Å². The quantitative estimate of drug-likeness (QED) is 0.277. The summed E-state index contributed by atoms with van der Waals surface area (Å²) in [7, 11) is 1.67. The van der Waals surface area contributed by atoms with E-state index in [-0.39, 0.29) is 5.91 Å². The van der Waals surface area contributed by atoms with Gasteiger partial charge in [0.25, 0.3) is 5.91 Å². The van der Waals surface area contributed by atoms with Crippen molar-refractivity contribution in [1.29, 1.82) is 0 Å². The number of nitrogens with zero attached hydrogens (tertiary/aromatic N) is 5. The number of fused-ring (bicyclic) bond motifs is 1. The molecule has 1 amide bonds. The van der Waals surface area contributed by atoms with Gasteiger partial charge in [0.15, 0.2) is 5.65 Å². The predicted molar refractivity (Wildman–Crippen MR) is 157 cm³/mol. The minimum atomic E-state index is 0.0335. The number of carbonyl (C=O) groups excluding carboxylic acids is 1. The highest BCUT2D eigenvalue weighted by Crippen LogP contribution is 2.37. The van der Waals surface area contributed by atoms with E-state index >= 15 is 0 Å². The molecule has 0 N–H and O–H groups in total. The number of hydrogen-bond acceptors (Lipinski definition) is 6. The predicted octanol–water partition coefficient (Wildman–Crippen LogP) is 5.46. The van der Waals surface area contributed by atoms with Gasteiger partial charge < -0.3 is 23.8 Å². The van der Waals surface area contributed by atoms with Gasteiger partial charge in [-0.25, -0.2) is 9.97 Å². The molecule has 1 aliphatic heterocycles. The van der Waals surface area contributed by atoms with Crippen LogP contribution in [0.2, 0.25) is 0 Å². The van der Waals surface area contributed by atoms with Gasteiger partial charge in [0.05, 0.1) is 19.1 Å². The zero-order valence-electron chi connectivity index (χ0n) is 22.7. The average Bonchev–Trinajstić information content (AvgIpc) is 3.42. The second-order valence-electron chi connectivity index (χ2n) is 9.61. The molecule has 0 saturated carbocycles. The third-order valence-electron chi connectivity index (χ3n) is 7.28. The number of anilines is 1. The molecule has 0 radical (unpaired) electrons. The first-order valence-corrected chi connectivity index (χ1v) is 13.5. The molecule has 0 atom stereocenters. The smallest absolute Gasteiger partial charge is 0.253 e. The van der Waals surface area contributed by atoms with E-state index < -0.39 is 0 Å². The molecular formula is C32H31N5O3. The highest BCUT2D eigenvalue weighted by atomic mass is 16.5. The fraction of sp³-hybridized carbons (Fsp3) is 0.219. The maximum atomic E-state index is 13.2. The normalized spacial score (nSPS) is 13.4. The lowest BCUT2D eigenvalue weighted by atomic mass is 10.1. The number of benzene rings is 3. The molecular weight excluding hydrogens is 502 g/mol. The van der Waals surface area contributed by atoms with E-state index in [1.807, 2.05) is 78.6 Å². The standard InChI is InChI=1S/C32H31N5O3/c1-3-40-27-13-9-24(10-14-27)32(38)36-19-17-35(18-20-36)30-29-28(23-7-5-4-6-8-23)21-37(31(29)34-22-33-30)25-11-15-26(39-2)16-12-25/h4-16,21-22H,3,17-20H2,1-2H3. The molecule has 2 aromatic heterocycles. The van der Waals surface area contributed by atoms with Crippen molar-refractivity contribution in [1.82, 2.24) is 19.4 Å². The lowest BCUT2D eigenvalue weighted by Crippen LogP contribution is -2.49. The summed E-state index contributed by atoms with van der Waals surface area (Å²) in [5.41, 5.74) is 4.66. The topological polar surface area (TPSA) is 72.7 Å². The van der Waals surface area contributed by atoms with Crippen LogP contribution >= 0.6 is 0 Å². The maximum absolute atomic E-state index is 13.2. The maximum Gasteiger partial charge on any atom is 0.253 e. The Labute approximate surface area is 233 Å². The third kappa shape index (κ3) is 4.84. The number of hydrogen-bond donors (Lipinski definition) is 0.